The van der Waals surface area contributed by atoms with Crippen molar-refractivity contribution >= 4 is 73.7 Å². The number of amides is 3. The summed E-state index contributed by atoms with van der Waals surface area (Å²) in [7, 11) is -4.09. The molecule has 0 bridgehead atoms. The van der Waals surface area contributed by atoms with Crippen LogP contribution in [-0.4, -0.2) is 26.1 Å². The summed E-state index contributed by atoms with van der Waals surface area (Å²) < 4.78 is 26.5. The molecule has 1 aliphatic heterocycles. The zero-order valence-corrected chi connectivity index (χ0v) is 19.7. The fourth-order valence-electron chi connectivity index (χ4n) is 3.38. The predicted octanol–water partition coefficient (Wildman–Crippen LogP) is 4.87. The summed E-state index contributed by atoms with van der Waals surface area (Å²) >= 11 is 12.9. The lowest BCUT2D eigenvalue weighted by Crippen LogP contribution is -2.33. The van der Waals surface area contributed by atoms with E-state index in [9.17, 15) is 22.8 Å². The van der Waals surface area contributed by atoms with Gasteiger partial charge < -0.3 is 10.6 Å². The molecule has 0 spiro atoms. The van der Waals surface area contributed by atoms with Crippen LogP contribution in [0.3, 0.4) is 0 Å². The Hall–Kier alpha value is -2.92. The first-order chi connectivity index (χ1) is 15.6. The van der Waals surface area contributed by atoms with E-state index in [2.05, 4.69) is 10.6 Å². The van der Waals surface area contributed by atoms with Gasteiger partial charge in [0.2, 0.25) is 5.91 Å². The molecule has 0 fully saturated rings. The van der Waals surface area contributed by atoms with Gasteiger partial charge in [-0.2, -0.15) is 0 Å². The Bertz CT molecular complexity index is 1390. The maximum atomic E-state index is 13.1. The second kappa shape index (κ2) is 9.14. The molecule has 1 aliphatic rings. The average Bonchev–Trinajstić information content (AvgIpc) is 3.14. The number of carbonyl (C=O) groups is 3. The lowest BCUT2D eigenvalue weighted by atomic mass is 9.88. The minimum atomic E-state index is -4.09. The first-order valence-electron chi connectivity index (χ1n) is 9.46. The molecule has 3 aromatic rings. The summed E-state index contributed by atoms with van der Waals surface area (Å²) in [6, 6.07) is 12.8. The molecule has 0 aliphatic carbocycles. The van der Waals surface area contributed by atoms with Crippen LogP contribution in [-0.2, 0) is 14.8 Å². The zero-order valence-electron chi connectivity index (χ0n) is 16.6. The van der Waals surface area contributed by atoms with E-state index in [1.165, 1.54) is 30.3 Å². The Labute approximate surface area is 203 Å². The van der Waals surface area contributed by atoms with Crippen LogP contribution in [0, 0.1) is 0 Å². The van der Waals surface area contributed by atoms with E-state index in [0.29, 0.717) is 16.8 Å². The van der Waals surface area contributed by atoms with Gasteiger partial charge in [0.1, 0.15) is 4.21 Å². The van der Waals surface area contributed by atoms with Crippen LogP contribution in [0.4, 0.5) is 16.2 Å². The third-order valence-corrected chi connectivity index (χ3v) is 8.23. The zero-order chi connectivity index (χ0) is 23.8. The Morgan fingerprint density at radius 3 is 2.52 bits per heavy atom. The maximum Gasteiger partial charge on any atom is 0.333 e. The summed E-state index contributed by atoms with van der Waals surface area (Å²) in [5, 5.41) is 5.25. The standard InChI is InChI=1S/C21H15Cl2N3O5S2/c22-15-9-11(24-21(29)26-33(30,31)19-8-7-17(23)32-19)5-6-12(15)14-10-18(27)25-16-4-2-1-3-13(16)20(14)28/h1-9,14H,10H2,(H,25,27)(H2,24,26,29). The van der Waals surface area contributed by atoms with Crippen LogP contribution in [0.5, 0.6) is 0 Å². The molecule has 1 unspecified atom stereocenters. The minimum Gasteiger partial charge on any atom is -0.325 e. The second-order valence-electron chi connectivity index (χ2n) is 7.07. The highest BCUT2D eigenvalue weighted by atomic mass is 35.5. The third-order valence-electron chi connectivity index (χ3n) is 4.85. The highest BCUT2D eigenvalue weighted by Gasteiger charge is 2.31. The highest BCUT2D eigenvalue weighted by molar-refractivity contribution is 7.92. The lowest BCUT2D eigenvalue weighted by molar-refractivity contribution is -0.116. The number of halogens is 2. The molecule has 1 atom stereocenters. The maximum absolute atomic E-state index is 13.1. The summed E-state index contributed by atoms with van der Waals surface area (Å²) in [5.41, 5.74) is 1.44. The highest BCUT2D eigenvalue weighted by Crippen LogP contribution is 2.36. The quantitative estimate of drug-likeness (QED) is 0.450. The Morgan fingerprint density at radius 1 is 1.06 bits per heavy atom. The van der Waals surface area contributed by atoms with Gasteiger partial charge in [-0.3, -0.25) is 9.59 Å². The number of rotatable bonds is 4. The van der Waals surface area contributed by atoms with Crippen LogP contribution in [0.15, 0.2) is 58.8 Å². The molecule has 8 nitrogen and oxygen atoms in total. The molecular formula is C21H15Cl2N3O5S2. The van der Waals surface area contributed by atoms with E-state index < -0.39 is 22.0 Å². The van der Waals surface area contributed by atoms with Crippen LogP contribution < -0.4 is 15.4 Å². The number of para-hydroxylation sites is 1. The van der Waals surface area contributed by atoms with Crippen molar-refractivity contribution in [3.63, 3.8) is 0 Å². The first-order valence-corrected chi connectivity index (χ1v) is 12.5. The fourth-order valence-corrected chi connectivity index (χ4v) is 6.09. The average molecular weight is 524 g/mol. The number of carbonyl (C=O) groups excluding carboxylic acids is 3. The Balaban J connectivity index is 1.53. The number of hydrogen-bond donors (Lipinski definition) is 3. The monoisotopic (exact) mass is 523 g/mol. The van der Waals surface area contributed by atoms with Crippen molar-refractivity contribution in [3.8, 4) is 0 Å². The molecule has 4 rings (SSSR count). The molecule has 1 aromatic heterocycles. The van der Waals surface area contributed by atoms with Crippen molar-refractivity contribution in [2.24, 2.45) is 0 Å². The number of hydrogen-bond acceptors (Lipinski definition) is 6. The van der Waals surface area contributed by atoms with Crippen LogP contribution in [0.2, 0.25) is 9.36 Å². The van der Waals surface area contributed by atoms with E-state index in [-0.39, 0.29) is 37.4 Å². The Morgan fingerprint density at radius 2 is 1.82 bits per heavy atom. The van der Waals surface area contributed by atoms with Crippen molar-refractivity contribution in [2.45, 2.75) is 16.5 Å². The molecule has 2 aromatic carbocycles. The minimum absolute atomic E-state index is 0.0951. The van der Waals surface area contributed by atoms with E-state index >= 15 is 0 Å². The van der Waals surface area contributed by atoms with Crippen molar-refractivity contribution in [1.29, 1.82) is 0 Å². The molecule has 0 saturated heterocycles. The van der Waals surface area contributed by atoms with E-state index in [0.717, 1.165) is 11.3 Å². The number of urea groups is 1. The Kier molecular flexibility index (Phi) is 6.44. The first kappa shape index (κ1) is 23.2. The number of thiophene rings is 1. The van der Waals surface area contributed by atoms with Crippen LogP contribution in [0.1, 0.15) is 28.3 Å². The lowest BCUT2D eigenvalue weighted by Gasteiger charge is -2.16. The molecule has 0 saturated carbocycles. The van der Waals surface area contributed by atoms with E-state index in [1.54, 1.807) is 24.3 Å². The molecule has 0 radical (unpaired) electrons. The SMILES string of the molecule is O=C1CC(c2ccc(NC(=O)NS(=O)(=O)c3ccc(Cl)s3)cc2Cl)C(=O)c2ccccc2N1. The molecule has 170 valence electrons. The van der Waals surface area contributed by atoms with Crippen molar-refractivity contribution in [1.82, 2.24) is 4.72 Å². The smallest absolute Gasteiger partial charge is 0.325 e. The van der Waals surface area contributed by atoms with Gasteiger partial charge in [0, 0.05) is 22.7 Å². The predicted molar refractivity (Wildman–Crippen MR) is 127 cm³/mol. The number of ketones is 1. The molecule has 3 amide bonds. The van der Waals surface area contributed by atoms with Crippen molar-refractivity contribution < 1.29 is 22.8 Å². The van der Waals surface area contributed by atoms with Crippen LogP contribution >= 0.6 is 34.5 Å². The van der Waals surface area contributed by atoms with Gasteiger partial charge in [0.05, 0.1) is 15.9 Å². The summed E-state index contributed by atoms with van der Waals surface area (Å²) in [5.74, 6) is -1.40. The molecule has 12 heteroatoms. The van der Waals surface area contributed by atoms with Gasteiger partial charge in [-0.25, -0.2) is 17.9 Å². The van der Waals surface area contributed by atoms with Gasteiger partial charge in [0.25, 0.3) is 10.0 Å². The van der Waals surface area contributed by atoms with E-state index in [1.807, 2.05) is 4.72 Å². The van der Waals surface area contributed by atoms with Crippen molar-refractivity contribution in [3.05, 3.63) is 75.1 Å². The summed E-state index contributed by atoms with van der Waals surface area (Å²) in [4.78, 5) is 37.6. The summed E-state index contributed by atoms with van der Waals surface area (Å²) in [6.45, 7) is 0. The largest absolute Gasteiger partial charge is 0.333 e. The molecule has 3 N–H and O–H groups in total. The number of fused-ring (bicyclic) bond motifs is 1. The number of nitrogens with one attached hydrogen (secondary N) is 3. The van der Waals surface area contributed by atoms with Gasteiger partial charge in [-0.15, -0.1) is 11.3 Å². The topological polar surface area (TPSA) is 121 Å². The van der Waals surface area contributed by atoms with Crippen molar-refractivity contribution in [2.75, 3.05) is 10.6 Å². The fraction of sp³-hybridized carbons (Fsp3) is 0.0952. The molecular weight excluding hydrogens is 509 g/mol. The van der Waals surface area contributed by atoms with Gasteiger partial charge in [0.15, 0.2) is 5.78 Å². The molecule has 33 heavy (non-hydrogen) atoms. The number of sulfonamides is 1. The second-order valence-corrected chi connectivity index (χ2v) is 11.1. The third kappa shape index (κ3) is 5.03. The number of Topliss-reactive ketones (excluding diaryl/α,β-unsaturated/α-hetero) is 1. The van der Waals surface area contributed by atoms with E-state index in [4.69, 9.17) is 23.2 Å². The molecule has 2 heterocycles. The van der Waals surface area contributed by atoms with Gasteiger partial charge >= 0.3 is 6.03 Å². The van der Waals surface area contributed by atoms with Gasteiger partial charge in [-0.1, -0.05) is 41.4 Å². The van der Waals surface area contributed by atoms with Crippen LogP contribution in [0.25, 0.3) is 0 Å². The van der Waals surface area contributed by atoms with Gasteiger partial charge in [-0.05, 0) is 42.0 Å². The number of benzene rings is 2. The number of anilines is 2. The summed E-state index contributed by atoms with van der Waals surface area (Å²) in [6.07, 6.45) is -0.0951. The normalized spacial score (nSPS) is 15.9.